The van der Waals surface area contributed by atoms with Crippen LogP contribution in [0.2, 0.25) is 0 Å². The molecule has 1 atom stereocenters. The number of nitrogens with one attached hydrogen (secondary N) is 1. The van der Waals surface area contributed by atoms with Gasteiger partial charge in [-0.1, -0.05) is 49.5 Å². The third-order valence-corrected chi connectivity index (χ3v) is 3.38. The van der Waals surface area contributed by atoms with Crippen molar-refractivity contribution >= 4 is 23.1 Å². The van der Waals surface area contributed by atoms with Crippen LogP contribution in [0.3, 0.4) is 0 Å². The van der Waals surface area contributed by atoms with Crippen LogP contribution in [0, 0.1) is 0 Å². The van der Waals surface area contributed by atoms with Crippen LogP contribution in [0.15, 0.2) is 30.3 Å². The Balaban J connectivity index is 2.56. The first-order valence-electron chi connectivity index (χ1n) is 6.11. The third-order valence-electron chi connectivity index (χ3n) is 2.96. The number of nitrogens with zero attached hydrogens (tertiary/aromatic N) is 1. The molecule has 0 aliphatic heterocycles. The van der Waals surface area contributed by atoms with Crippen LogP contribution in [0.1, 0.15) is 25.8 Å². The zero-order valence-corrected chi connectivity index (χ0v) is 12.0. The van der Waals surface area contributed by atoms with E-state index in [9.17, 15) is 4.79 Å². The maximum absolute atomic E-state index is 11.4. The Morgan fingerprint density at radius 3 is 2.50 bits per heavy atom. The van der Waals surface area contributed by atoms with Gasteiger partial charge in [-0.15, -0.1) is 0 Å². The van der Waals surface area contributed by atoms with Crippen molar-refractivity contribution in [1.82, 2.24) is 10.2 Å². The van der Waals surface area contributed by atoms with Gasteiger partial charge in [0, 0.05) is 20.5 Å². The summed E-state index contributed by atoms with van der Waals surface area (Å²) in [6.45, 7) is 4.28. The predicted octanol–water partition coefficient (Wildman–Crippen LogP) is 2.36. The quantitative estimate of drug-likeness (QED) is 0.829. The second-order valence-electron chi connectivity index (χ2n) is 4.26. The monoisotopic (exact) mass is 264 g/mol. The van der Waals surface area contributed by atoms with Gasteiger partial charge in [0.25, 0.3) is 0 Å². The fourth-order valence-electron chi connectivity index (χ4n) is 1.76. The van der Waals surface area contributed by atoms with Crippen molar-refractivity contribution in [2.24, 2.45) is 0 Å². The number of carbonyl (C=O) groups excluding carboxylic acids is 1. The Bertz CT molecular complexity index is 406. The molecular weight excluding hydrogens is 244 g/mol. The molecule has 1 unspecified atom stereocenters. The first kappa shape index (κ1) is 14.6. The van der Waals surface area contributed by atoms with Gasteiger partial charge in [-0.3, -0.25) is 4.79 Å². The Morgan fingerprint density at radius 1 is 1.39 bits per heavy atom. The molecule has 0 spiro atoms. The summed E-state index contributed by atoms with van der Waals surface area (Å²) in [7, 11) is 1.78. The van der Waals surface area contributed by atoms with Crippen molar-refractivity contribution < 1.29 is 4.79 Å². The molecule has 1 N–H and O–H groups in total. The smallest absolute Gasteiger partial charge is 0.219 e. The molecule has 0 aliphatic carbocycles. The van der Waals surface area contributed by atoms with Crippen LogP contribution in [-0.4, -0.2) is 28.9 Å². The molecule has 98 valence electrons. The van der Waals surface area contributed by atoms with Gasteiger partial charge < -0.3 is 10.2 Å². The van der Waals surface area contributed by atoms with Gasteiger partial charge in [0.05, 0.1) is 11.0 Å². The summed E-state index contributed by atoms with van der Waals surface area (Å²) in [5.41, 5.74) is 1.18. The summed E-state index contributed by atoms with van der Waals surface area (Å²) in [6, 6.07) is 10.1. The second kappa shape index (κ2) is 7.11. The number of hydrogen-bond acceptors (Lipinski definition) is 2. The molecule has 0 aliphatic rings. The summed E-state index contributed by atoms with van der Waals surface area (Å²) in [4.78, 5) is 13.8. The summed E-state index contributed by atoms with van der Waals surface area (Å²) in [5.74, 6) is 0.0331. The fraction of sp³-hybridized carbons (Fsp3) is 0.429. The van der Waals surface area contributed by atoms with E-state index in [1.807, 2.05) is 37.3 Å². The van der Waals surface area contributed by atoms with Crippen LogP contribution in [-0.2, 0) is 11.3 Å². The Hall–Kier alpha value is -1.42. The Kier molecular flexibility index (Phi) is 5.78. The van der Waals surface area contributed by atoms with Crippen molar-refractivity contribution in [1.29, 1.82) is 0 Å². The highest BCUT2D eigenvalue weighted by molar-refractivity contribution is 7.80. The lowest BCUT2D eigenvalue weighted by Crippen LogP contribution is -2.45. The molecule has 1 aromatic carbocycles. The molecule has 0 saturated heterocycles. The number of rotatable bonds is 5. The highest BCUT2D eigenvalue weighted by Gasteiger charge is 2.19. The van der Waals surface area contributed by atoms with E-state index < -0.39 is 0 Å². The molecule has 0 fully saturated rings. The number of amides is 1. The van der Waals surface area contributed by atoms with Gasteiger partial charge in [0.1, 0.15) is 0 Å². The molecule has 0 saturated carbocycles. The highest BCUT2D eigenvalue weighted by Crippen LogP contribution is 2.05. The maximum Gasteiger partial charge on any atom is 0.219 e. The molecule has 0 heterocycles. The molecule has 0 radical (unpaired) electrons. The predicted molar refractivity (Wildman–Crippen MR) is 78.4 cm³/mol. The molecule has 1 amide bonds. The van der Waals surface area contributed by atoms with E-state index >= 15 is 0 Å². The van der Waals surface area contributed by atoms with Crippen LogP contribution >= 0.6 is 12.2 Å². The van der Waals surface area contributed by atoms with E-state index in [1.54, 1.807) is 18.9 Å². The molecule has 3 nitrogen and oxygen atoms in total. The van der Waals surface area contributed by atoms with Crippen LogP contribution in [0.25, 0.3) is 0 Å². The SMILES string of the molecule is CCC(C(=S)NCc1ccccc1)N(C)C(C)=O. The average molecular weight is 264 g/mol. The fourth-order valence-corrected chi connectivity index (χ4v) is 2.15. The number of hydrogen-bond donors (Lipinski definition) is 1. The standard InChI is InChI=1S/C14H20N2OS/c1-4-13(16(3)11(2)17)14(18)15-10-12-8-6-5-7-9-12/h5-9,13H,4,10H2,1-3H3,(H,15,18). The average Bonchev–Trinajstić information content (AvgIpc) is 2.38. The Morgan fingerprint density at radius 2 is 2.00 bits per heavy atom. The van der Waals surface area contributed by atoms with Crippen molar-refractivity contribution in [3.63, 3.8) is 0 Å². The van der Waals surface area contributed by atoms with Gasteiger partial charge in [0.2, 0.25) is 5.91 Å². The number of likely N-dealkylation sites (N-methyl/N-ethyl adjacent to an activating group) is 1. The van der Waals surface area contributed by atoms with Gasteiger partial charge >= 0.3 is 0 Å². The number of benzene rings is 1. The zero-order chi connectivity index (χ0) is 13.5. The summed E-state index contributed by atoms with van der Waals surface area (Å²) in [5, 5.41) is 3.22. The zero-order valence-electron chi connectivity index (χ0n) is 11.1. The molecule has 4 heteroatoms. The third kappa shape index (κ3) is 4.11. The number of thiocarbonyl (C=S) groups is 1. The Labute approximate surface area is 114 Å². The molecule has 1 aromatic rings. The highest BCUT2D eigenvalue weighted by atomic mass is 32.1. The first-order chi connectivity index (χ1) is 8.56. The van der Waals surface area contributed by atoms with Crippen molar-refractivity contribution in [3.8, 4) is 0 Å². The van der Waals surface area contributed by atoms with Crippen molar-refractivity contribution in [2.45, 2.75) is 32.9 Å². The van der Waals surface area contributed by atoms with Gasteiger partial charge in [-0.2, -0.15) is 0 Å². The lowest BCUT2D eigenvalue weighted by Gasteiger charge is -2.27. The summed E-state index contributed by atoms with van der Waals surface area (Å²) >= 11 is 5.36. The molecular formula is C14H20N2OS. The van der Waals surface area contributed by atoms with Crippen LogP contribution in [0.4, 0.5) is 0 Å². The maximum atomic E-state index is 11.4. The molecule has 0 aromatic heterocycles. The minimum atomic E-state index is -0.0267. The topological polar surface area (TPSA) is 32.3 Å². The van der Waals surface area contributed by atoms with Gasteiger partial charge in [-0.25, -0.2) is 0 Å². The van der Waals surface area contributed by atoms with Crippen molar-refractivity contribution in [3.05, 3.63) is 35.9 Å². The van der Waals surface area contributed by atoms with E-state index in [1.165, 1.54) is 5.56 Å². The lowest BCUT2D eigenvalue weighted by molar-refractivity contribution is -0.128. The van der Waals surface area contributed by atoms with Gasteiger partial charge in [-0.05, 0) is 12.0 Å². The van der Waals surface area contributed by atoms with E-state index in [-0.39, 0.29) is 11.9 Å². The summed E-state index contributed by atoms with van der Waals surface area (Å²) in [6.07, 6.45) is 0.816. The number of carbonyl (C=O) groups is 1. The minimum absolute atomic E-state index is 0.0267. The van der Waals surface area contributed by atoms with E-state index in [0.717, 1.165) is 11.4 Å². The van der Waals surface area contributed by atoms with Gasteiger partial charge in [0.15, 0.2) is 0 Å². The largest absolute Gasteiger partial charge is 0.374 e. The lowest BCUT2D eigenvalue weighted by atomic mass is 10.1. The molecule has 18 heavy (non-hydrogen) atoms. The first-order valence-corrected chi connectivity index (χ1v) is 6.52. The minimum Gasteiger partial charge on any atom is -0.374 e. The van der Waals surface area contributed by atoms with E-state index in [2.05, 4.69) is 5.32 Å². The summed E-state index contributed by atoms with van der Waals surface area (Å²) < 4.78 is 0. The van der Waals surface area contributed by atoms with E-state index in [0.29, 0.717) is 6.54 Å². The van der Waals surface area contributed by atoms with E-state index in [4.69, 9.17) is 12.2 Å². The molecule has 1 rings (SSSR count). The van der Waals surface area contributed by atoms with Crippen molar-refractivity contribution in [2.75, 3.05) is 7.05 Å². The normalized spacial score (nSPS) is 11.7. The van der Waals surface area contributed by atoms with Crippen LogP contribution < -0.4 is 5.32 Å². The van der Waals surface area contributed by atoms with Crippen LogP contribution in [0.5, 0.6) is 0 Å². The second-order valence-corrected chi connectivity index (χ2v) is 4.70. The molecule has 0 bridgehead atoms.